The van der Waals surface area contributed by atoms with E-state index in [1.54, 1.807) is 7.11 Å². The van der Waals surface area contributed by atoms with Gasteiger partial charge in [0.1, 0.15) is 5.75 Å². The number of guanidine groups is 1. The van der Waals surface area contributed by atoms with Gasteiger partial charge in [-0.15, -0.1) is 24.0 Å². The molecule has 1 aliphatic carbocycles. The molecule has 7 heteroatoms. The molecule has 1 aliphatic rings. The summed E-state index contributed by atoms with van der Waals surface area (Å²) in [5, 5.41) is 9.55. The van der Waals surface area contributed by atoms with E-state index in [2.05, 4.69) is 27.0 Å². The van der Waals surface area contributed by atoms with Crippen LogP contribution in [-0.2, 0) is 11.3 Å². The number of benzene rings is 1. The van der Waals surface area contributed by atoms with Gasteiger partial charge < -0.3 is 20.7 Å². The minimum atomic E-state index is 0. The molecule has 0 heterocycles. The first kappa shape index (κ1) is 23.5. The predicted octanol–water partition coefficient (Wildman–Crippen LogP) is 3.13. The minimum Gasteiger partial charge on any atom is -0.496 e. The van der Waals surface area contributed by atoms with Gasteiger partial charge in [0.05, 0.1) is 13.7 Å². The molecule has 1 fully saturated rings. The second-order valence-electron chi connectivity index (χ2n) is 6.74. The van der Waals surface area contributed by atoms with Crippen LogP contribution in [0.1, 0.15) is 50.2 Å². The monoisotopic (exact) mass is 488 g/mol. The number of amides is 1. The first-order valence-corrected chi connectivity index (χ1v) is 9.57. The van der Waals surface area contributed by atoms with E-state index >= 15 is 0 Å². The second kappa shape index (κ2) is 12.8. The van der Waals surface area contributed by atoms with Gasteiger partial charge in [-0.1, -0.05) is 25.0 Å². The van der Waals surface area contributed by atoms with Crippen molar-refractivity contribution in [3.05, 3.63) is 29.3 Å². The quantitative estimate of drug-likeness (QED) is 0.299. The predicted molar refractivity (Wildman–Crippen MR) is 121 cm³/mol. The van der Waals surface area contributed by atoms with Crippen LogP contribution in [0.4, 0.5) is 0 Å². The molecule has 1 saturated carbocycles. The molecule has 152 valence electrons. The molecule has 0 aromatic heterocycles. The van der Waals surface area contributed by atoms with Crippen molar-refractivity contribution in [2.24, 2.45) is 4.99 Å². The zero-order valence-electron chi connectivity index (χ0n) is 16.6. The van der Waals surface area contributed by atoms with Gasteiger partial charge in [-0.3, -0.25) is 4.79 Å². The summed E-state index contributed by atoms with van der Waals surface area (Å²) >= 11 is 0. The molecule has 0 aliphatic heterocycles. The fourth-order valence-electron chi connectivity index (χ4n) is 3.15. The Morgan fingerprint density at radius 3 is 2.67 bits per heavy atom. The van der Waals surface area contributed by atoms with E-state index in [4.69, 9.17) is 4.74 Å². The molecule has 0 spiro atoms. The Morgan fingerprint density at radius 1 is 1.26 bits per heavy atom. The standard InChI is InChI=1S/C20H32N4O2.HI/c1-4-21-20(22-12-11-19(25)24-17-7-5-6-8-17)23-14-16-10-9-15(2)13-18(16)26-3;/h9-10,13,17H,4-8,11-12,14H2,1-3H3,(H,24,25)(H2,21,22,23);1H. The van der Waals surface area contributed by atoms with Gasteiger partial charge in [0.15, 0.2) is 5.96 Å². The maximum atomic E-state index is 12.0. The zero-order chi connectivity index (χ0) is 18.8. The van der Waals surface area contributed by atoms with Crippen molar-refractivity contribution in [3.8, 4) is 5.75 Å². The van der Waals surface area contributed by atoms with E-state index in [-0.39, 0.29) is 29.9 Å². The summed E-state index contributed by atoms with van der Waals surface area (Å²) in [5.41, 5.74) is 2.20. The summed E-state index contributed by atoms with van der Waals surface area (Å²) in [6, 6.07) is 6.48. The van der Waals surface area contributed by atoms with Gasteiger partial charge in [0.25, 0.3) is 0 Å². The van der Waals surface area contributed by atoms with Gasteiger partial charge in [-0.2, -0.15) is 0 Å². The van der Waals surface area contributed by atoms with E-state index in [1.807, 2.05) is 26.0 Å². The number of carbonyl (C=O) groups is 1. The van der Waals surface area contributed by atoms with Crippen molar-refractivity contribution in [2.75, 3.05) is 20.2 Å². The van der Waals surface area contributed by atoms with Gasteiger partial charge >= 0.3 is 0 Å². The number of hydrogen-bond acceptors (Lipinski definition) is 3. The van der Waals surface area contributed by atoms with Gasteiger partial charge in [-0.25, -0.2) is 4.99 Å². The van der Waals surface area contributed by atoms with E-state index < -0.39 is 0 Å². The lowest BCUT2D eigenvalue weighted by Crippen LogP contribution is -2.40. The lowest BCUT2D eigenvalue weighted by molar-refractivity contribution is -0.121. The highest BCUT2D eigenvalue weighted by Crippen LogP contribution is 2.20. The zero-order valence-corrected chi connectivity index (χ0v) is 19.0. The minimum absolute atomic E-state index is 0. The third kappa shape index (κ3) is 8.36. The normalized spacial score (nSPS) is 14.4. The van der Waals surface area contributed by atoms with Crippen molar-refractivity contribution in [1.82, 2.24) is 16.0 Å². The van der Waals surface area contributed by atoms with Crippen LogP contribution >= 0.6 is 24.0 Å². The van der Waals surface area contributed by atoms with Gasteiger partial charge in [0, 0.05) is 31.1 Å². The largest absolute Gasteiger partial charge is 0.496 e. The molecule has 0 saturated heterocycles. The Hall–Kier alpha value is -1.51. The average Bonchev–Trinajstić information content (AvgIpc) is 3.13. The van der Waals surface area contributed by atoms with Crippen molar-refractivity contribution in [3.63, 3.8) is 0 Å². The fourth-order valence-corrected chi connectivity index (χ4v) is 3.15. The summed E-state index contributed by atoms with van der Waals surface area (Å²) in [5.74, 6) is 1.67. The molecule has 0 radical (unpaired) electrons. The number of hydrogen-bond donors (Lipinski definition) is 3. The molecule has 1 amide bonds. The van der Waals surface area contributed by atoms with Crippen LogP contribution < -0.4 is 20.7 Å². The molecule has 1 aromatic rings. The smallest absolute Gasteiger partial charge is 0.221 e. The number of halogens is 1. The molecule has 1 aromatic carbocycles. The van der Waals surface area contributed by atoms with Crippen LogP contribution in [0, 0.1) is 6.92 Å². The van der Waals surface area contributed by atoms with Crippen LogP contribution in [0.25, 0.3) is 0 Å². The van der Waals surface area contributed by atoms with Crippen LogP contribution in [0.3, 0.4) is 0 Å². The first-order valence-electron chi connectivity index (χ1n) is 9.57. The molecule has 2 rings (SSSR count). The number of methoxy groups -OCH3 is 1. The Labute approximate surface area is 179 Å². The molecule has 27 heavy (non-hydrogen) atoms. The number of carbonyl (C=O) groups excluding carboxylic acids is 1. The lowest BCUT2D eigenvalue weighted by atomic mass is 10.1. The average molecular weight is 488 g/mol. The Kier molecular flexibility index (Phi) is 11.2. The highest BCUT2D eigenvalue weighted by atomic mass is 127. The molecule has 0 bridgehead atoms. The molecular formula is C20H33IN4O2. The SMILES string of the molecule is CCNC(=NCc1ccc(C)cc1OC)NCCC(=O)NC1CCCC1.I. The van der Waals surface area contributed by atoms with Gasteiger partial charge in [0.2, 0.25) is 5.91 Å². The van der Waals surface area contributed by atoms with Crippen molar-refractivity contribution in [2.45, 2.75) is 58.5 Å². The third-order valence-corrected chi connectivity index (χ3v) is 4.56. The van der Waals surface area contributed by atoms with E-state index in [9.17, 15) is 4.79 Å². The Morgan fingerprint density at radius 2 is 2.00 bits per heavy atom. The highest BCUT2D eigenvalue weighted by molar-refractivity contribution is 14.0. The molecule has 0 atom stereocenters. The third-order valence-electron chi connectivity index (χ3n) is 4.56. The number of aryl methyl sites for hydroxylation is 1. The number of nitrogens with one attached hydrogen (secondary N) is 3. The topological polar surface area (TPSA) is 74.8 Å². The highest BCUT2D eigenvalue weighted by Gasteiger charge is 2.16. The maximum absolute atomic E-state index is 12.0. The number of rotatable bonds is 8. The first-order chi connectivity index (χ1) is 12.6. The Balaban J connectivity index is 0.00000364. The summed E-state index contributed by atoms with van der Waals surface area (Å²) in [7, 11) is 1.68. The van der Waals surface area contributed by atoms with E-state index in [1.165, 1.54) is 12.8 Å². The van der Waals surface area contributed by atoms with E-state index in [0.717, 1.165) is 36.3 Å². The van der Waals surface area contributed by atoms with Crippen LogP contribution in [0.2, 0.25) is 0 Å². The summed E-state index contributed by atoms with van der Waals surface area (Å²) < 4.78 is 5.43. The maximum Gasteiger partial charge on any atom is 0.221 e. The van der Waals surface area contributed by atoms with Gasteiger partial charge in [-0.05, 0) is 38.3 Å². The second-order valence-corrected chi connectivity index (χ2v) is 6.74. The number of aliphatic imine (C=N–C) groups is 1. The summed E-state index contributed by atoms with van der Waals surface area (Å²) in [6.45, 7) is 5.92. The van der Waals surface area contributed by atoms with Crippen LogP contribution in [0.15, 0.2) is 23.2 Å². The molecular weight excluding hydrogens is 455 g/mol. The summed E-state index contributed by atoms with van der Waals surface area (Å²) in [6.07, 6.45) is 5.13. The van der Waals surface area contributed by atoms with Crippen molar-refractivity contribution >= 4 is 35.8 Å². The molecule has 6 nitrogen and oxygen atoms in total. The van der Waals surface area contributed by atoms with Crippen molar-refractivity contribution < 1.29 is 9.53 Å². The molecule has 3 N–H and O–H groups in total. The lowest BCUT2D eigenvalue weighted by Gasteiger charge is -2.14. The van der Waals surface area contributed by atoms with Crippen LogP contribution in [0.5, 0.6) is 5.75 Å². The van der Waals surface area contributed by atoms with Crippen LogP contribution in [-0.4, -0.2) is 38.1 Å². The number of ether oxygens (including phenoxy) is 1. The van der Waals surface area contributed by atoms with E-state index in [0.29, 0.717) is 31.5 Å². The molecule has 0 unspecified atom stereocenters. The number of nitrogens with zero attached hydrogens (tertiary/aromatic N) is 1. The Bertz CT molecular complexity index is 616. The fraction of sp³-hybridized carbons (Fsp3) is 0.600. The summed E-state index contributed by atoms with van der Waals surface area (Å²) in [4.78, 5) is 16.6. The van der Waals surface area contributed by atoms with Crippen molar-refractivity contribution in [1.29, 1.82) is 0 Å².